The predicted octanol–water partition coefficient (Wildman–Crippen LogP) is 7.01. The van der Waals surface area contributed by atoms with Crippen LogP contribution in [0.3, 0.4) is 0 Å². The van der Waals surface area contributed by atoms with Crippen LogP contribution in [0.25, 0.3) is 33.5 Å². The van der Waals surface area contributed by atoms with Gasteiger partial charge < -0.3 is 0 Å². The van der Waals surface area contributed by atoms with Crippen LogP contribution in [-0.2, 0) is 0 Å². The van der Waals surface area contributed by atoms with Crippen LogP contribution in [0.4, 0.5) is 0 Å². The van der Waals surface area contributed by atoms with E-state index in [0.717, 1.165) is 5.69 Å². The highest BCUT2D eigenvalue weighted by Gasteiger charge is 2.13. The Hall–Kier alpha value is -3.19. The maximum atomic E-state index is 4.60. The molecule has 0 unspecified atom stereocenters. The van der Waals surface area contributed by atoms with E-state index in [4.69, 9.17) is 0 Å². The second kappa shape index (κ2) is 7.20. The first kappa shape index (κ1) is 17.2. The van der Waals surface area contributed by atoms with E-state index < -0.39 is 0 Å². The Morgan fingerprint density at radius 3 is 2.07 bits per heavy atom. The fraction of sp³-hybridized carbons (Fsp3) is 0.115. The quantitative estimate of drug-likeness (QED) is 0.388. The zero-order valence-corrected chi connectivity index (χ0v) is 16.0. The molecule has 0 amide bonds. The van der Waals surface area contributed by atoms with Gasteiger partial charge in [-0.1, -0.05) is 72.3 Å². The van der Waals surface area contributed by atoms with Gasteiger partial charge >= 0.3 is 0 Å². The Morgan fingerprint density at radius 2 is 1.37 bits per heavy atom. The summed E-state index contributed by atoms with van der Waals surface area (Å²) in [5.41, 5.74) is 11.0. The molecule has 0 radical (unpaired) electrons. The molecule has 0 fully saturated rings. The molecule has 0 saturated heterocycles. The molecule has 0 N–H and O–H groups in total. The fourth-order valence-corrected chi connectivity index (χ4v) is 3.63. The molecular weight excluding hydrogens is 326 g/mol. The van der Waals surface area contributed by atoms with Gasteiger partial charge in [-0.25, -0.2) is 0 Å². The summed E-state index contributed by atoms with van der Waals surface area (Å²) in [4.78, 5) is 4.60. The van der Waals surface area contributed by atoms with Crippen molar-refractivity contribution >= 4 is 0 Å². The molecule has 4 rings (SSSR count). The lowest BCUT2D eigenvalue weighted by Crippen LogP contribution is -1.93. The van der Waals surface area contributed by atoms with Crippen LogP contribution < -0.4 is 0 Å². The maximum absolute atomic E-state index is 4.60. The van der Waals surface area contributed by atoms with Crippen molar-refractivity contribution in [2.75, 3.05) is 0 Å². The van der Waals surface area contributed by atoms with E-state index >= 15 is 0 Å². The number of nitrogens with zero attached hydrogens (tertiary/aromatic N) is 1. The van der Waals surface area contributed by atoms with Gasteiger partial charge in [0.25, 0.3) is 0 Å². The number of pyridine rings is 1. The topological polar surface area (TPSA) is 12.9 Å². The molecular formula is C26H23N. The number of rotatable bonds is 3. The molecule has 0 aliphatic heterocycles. The zero-order chi connectivity index (χ0) is 18.8. The number of hydrogen-bond acceptors (Lipinski definition) is 1. The first-order valence-corrected chi connectivity index (χ1v) is 9.32. The highest BCUT2D eigenvalue weighted by atomic mass is 14.7. The molecule has 4 aromatic rings. The summed E-state index contributed by atoms with van der Waals surface area (Å²) in [7, 11) is 0. The lowest BCUT2D eigenvalue weighted by Gasteiger charge is -2.15. The number of aryl methyl sites for hydroxylation is 3. The van der Waals surface area contributed by atoms with Gasteiger partial charge in [0.05, 0.1) is 5.69 Å². The summed E-state index contributed by atoms with van der Waals surface area (Å²) in [5, 5.41) is 0. The standard InChI is InChI=1S/C26H23N/c1-18-10-12-21(13-11-18)22-14-15-23(20(3)17-22)24-8-6-7-19(2)26(24)25-9-4-5-16-27-25/h4-17H,1-3H3. The monoisotopic (exact) mass is 349 g/mol. The van der Waals surface area contributed by atoms with Gasteiger partial charge in [-0.15, -0.1) is 0 Å². The molecule has 0 bridgehead atoms. The van der Waals surface area contributed by atoms with Crippen molar-refractivity contribution in [2.24, 2.45) is 0 Å². The Kier molecular flexibility index (Phi) is 4.60. The van der Waals surface area contributed by atoms with E-state index in [1.165, 1.54) is 44.5 Å². The highest BCUT2D eigenvalue weighted by molar-refractivity contribution is 5.86. The van der Waals surface area contributed by atoms with Crippen LogP contribution in [0, 0.1) is 20.8 Å². The Bertz CT molecular complexity index is 1080. The molecule has 27 heavy (non-hydrogen) atoms. The molecule has 1 aromatic heterocycles. The van der Waals surface area contributed by atoms with Crippen LogP contribution in [0.2, 0.25) is 0 Å². The molecule has 0 spiro atoms. The molecule has 132 valence electrons. The van der Waals surface area contributed by atoms with Crippen molar-refractivity contribution in [3.05, 3.63) is 102 Å². The van der Waals surface area contributed by atoms with Crippen LogP contribution in [0.1, 0.15) is 16.7 Å². The molecule has 0 atom stereocenters. The number of benzene rings is 3. The molecule has 1 heterocycles. The molecule has 0 saturated carbocycles. The Balaban J connectivity index is 1.83. The van der Waals surface area contributed by atoms with Crippen molar-refractivity contribution in [1.29, 1.82) is 0 Å². The fourth-order valence-electron chi connectivity index (χ4n) is 3.63. The summed E-state index contributed by atoms with van der Waals surface area (Å²) in [6.45, 7) is 6.47. The molecule has 1 heteroatoms. The van der Waals surface area contributed by atoms with Crippen LogP contribution in [0.5, 0.6) is 0 Å². The van der Waals surface area contributed by atoms with Crippen LogP contribution in [-0.4, -0.2) is 4.98 Å². The summed E-state index contributed by atoms with van der Waals surface area (Å²) in [6.07, 6.45) is 1.86. The van der Waals surface area contributed by atoms with Gasteiger partial charge in [0, 0.05) is 11.8 Å². The van der Waals surface area contributed by atoms with Gasteiger partial charge in [-0.2, -0.15) is 0 Å². The summed E-state index contributed by atoms with van der Waals surface area (Å²) < 4.78 is 0. The summed E-state index contributed by atoms with van der Waals surface area (Å²) in [5.74, 6) is 0. The summed E-state index contributed by atoms with van der Waals surface area (Å²) >= 11 is 0. The first-order valence-electron chi connectivity index (χ1n) is 9.32. The van der Waals surface area contributed by atoms with Crippen molar-refractivity contribution in [2.45, 2.75) is 20.8 Å². The van der Waals surface area contributed by atoms with E-state index in [9.17, 15) is 0 Å². The third-order valence-electron chi connectivity index (χ3n) is 5.10. The van der Waals surface area contributed by atoms with E-state index in [-0.39, 0.29) is 0 Å². The summed E-state index contributed by atoms with van der Waals surface area (Å²) in [6, 6.07) is 28.0. The van der Waals surface area contributed by atoms with Gasteiger partial charge in [0.2, 0.25) is 0 Å². The molecule has 0 aliphatic carbocycles. The van der Waals surface area contributed by atoms with Gasteiger partial charge in [-0.3, -0.25) is 4.98 Å². The van der Waals surface area contributed by atoms with E-state index in [1.807, 2.05) is 18.3 Å². The van der Waals surface area contributed by atoms with E-state index in [0.29, 0.717) is 0 Å². The normalized spacial score (nSPS) is 10.8. The third-order valence-corrected chi connectivity index (χ3v) is 5.10. The first-order chi connectivity index (χ1) is 13.1. The van der Waals surface area contributed by atoms with Crippen molar-refractivity contribution in [3.8, 4) is 33.5 Å². The highest BCUT2D eigenvalue weighted by Crippen LogP contribution is 2.36. The largest absolute Gasteiger partial charge is 0.256 e. The lowest BCUT2D eigenvalue weighted by molar-refractivity contribution is 1.30. The molecule has 3 aromatic carbocycles. The molecule has 1 nitrogen and oxygen atoms in total. The second-order valence-corrected chi connectivity index (χ2v) is 7.11. The predicted molar refractivity (Wildman–Crippen MR) is 115 cm³/mol. The lowest BCUT2D eigenvalue weighted by atomic mass is 9.89. The minimum Gasteiger partial charge on any atom is -0.256 e. The SMILES string of the molecule is Cc1ccc(-c2ccc(-c3cccc(C)c3-c3ccccn3)c(C)c2)cc1. The number of aromatic nitrogens is 1. The van der Waals surface area contributed by atoms with E-state index in [1.54, 1.807) is 0 Å². The average molecular weight is 349 g/mol. The smallest absolute Gasteiger partial charge is 0.0710 e. The van der Waals surface area contributed by atoms with Gasteiger partial charge in [0.1, 0.15) is 0 Å². The van der Waals surface area contributed by atoms with Gasteiger partial charge in [0.15, 0.2) is 0 Å². The minimum atomic E-state index is 1.02. The Labute approximate surface area is 161 Å². The van der Waals surface area contributed by atoms with Crippen molar-refractivity contribution in [1.82, 2.24) is 4.98 Å². The zero-order valence-electron chi connectivity index (χ0n) is 16.0. The minimum absolute atomic E-state index is 1.02. The van der Waals surface area contributed by atoms with Gasteiger partial charge in [-0.05, 0) is 66.3 Å². The van der Waals surface area contributed by atoms with Crippen LogP contribution >= 0.6 is 0 Å². The third kappa shape index (κ3) is 3.41. The van der Waals surface area contributed by atoms with Crippen LogP contribution in [0.15, 0.2) is 85.1 Å². The van der Waals surface area contributed by atoms with Crippen molar-refractivity contribution in [3.63, 3.8) is 0 Å². The Morgan fingerprint density at radius 1 is 0.593 bits per heavy atom. The molecule has 0 aliphatic rings. The maximum Gasteiger partial charge on any atom is 0.0710 e. The number of hydrogen-bond donors (Lipinski definition) is 0. The van der Waals surface area contributed by atoms with Crippen molar-refractivity contribution < 1.29 is 0 Å². The van der Waals surface area contributed by atoms with E-state index in [2.05, 4.69) is 92.5 Å². The average Bonchev–Trinajstić information content (AvgIpc) is 2.69. The second-order valence-electron chi connectivity index (χ2n) is 7.11.